The smallest absolute Gasteiger partial charge is 0.125 e. The fourth-order valence-electron chi connectivity index (χ4n) is 2.16. The molecule has 0 amide bonds. The molecule has 0 aliphatic rings. The molecule has 1 N–H and O–H groups in total. The van der Waals surface area contributed by atoms with E-state index < -0.39 is 6.04 Å². The molecule has 19 heavy (non-hydrogen) atoms. The van der Waals surface area contributed by atoms with Crippen LogP contribution in [0, 0.1) is 11.3 Å². The second-order valence-corrected chi connectivity index (χ2v) is 4.16. The Labute approximate surface area is 113 Å². The molecular weight excluding hydrogens is 236 g/mol. The lowest BCUT2D eigenvalue weighted by Crippen LogP contribution is -2.20. The van der Waals surface area contributed by atoms with Gasteiger partial charge >= 0.3 is 0 Å². The second-order valence-electron chi connectivity index (χ2n) is 4.16. The zero-order chi connectivity index (χ0) is 13.7. The molecule has 0 heterocycles. The molecule has 2 rings (SSSR count). The van der Waals surface area contributed by atoms with E-state index in [4.69, 9.17) is 4.74 Å². The van der Waals surface area contributed by atoms with Gasteiger partial charge in [-0.25, -0.2) is 0 Å². The number of hydrogen-bond acceptors (Lipinski definition) is 3. The van der Waals surface area contributed by atoms with Crippen molar-refractivity contribution in [2.75, 3.05) is 13.7 Å². The van der Waals surface area contributed by atoms with E-state index in [9.17, 15) is 5.26 Å². The van der Waals surface area contributed by atoms with Crippen molar-refractivity contribution in [2.45, 2.75) is 6.04 Å². The minimum Gasteiger partial charge on any atom is -0.496 e. The predicted molar refractivity (Wildman–Crippen MR) is 77.1 cm³/mol. The average molecular weight is 252 g/mol. The molecule has 0 bridgehead atoms. The molecule has 3 heteroatoms. The SMILES string of the molecule is C=CCNC(C#N)c1c(OC)ccc2ccccc12. The molecule has 1 unspecified atom stereocenters. The minimum absolute atomic E-state index is 0.418. The number of nitrogens with one attached hydrogen (secondary N) is 1. The summed E-state index contributed by atoms with van der Waals surface area (Å²) in [6.45, 7) is 4.24. The number of ether oxygens (including phenoxy) is 1. The molecule has 2 aromatic rings. The highest BCUT2D eigenvalue weighted by Gasteiger charge is 2.17. The summed E-state index contributed by atoms with van der Waals surface area (Å²) in [6, 6.07) is 13.7. The van der Waals surface area contributed by atoms with Crippen LogP contribution in [0.15, 0.2) is 49.1 Å². The largest absolute Gasteiger partial charge is 0.496 e. The quantitative estimate of drug-likeness (QED) is 0.831. The van der Waals surface area contributed by atoms with E-state index in [1.807, 2.05) is 36.4 Å². The molecular formula is C16H16N2O. The standard InChI is InChI=1S/C16H16N2O/c1-3-10-18-14(11-17)16-13-7-5-4-6-12(13)8-9-15(16)19-2/h3-9,14,18H,1,10H2,2H3. The number of fused-ring (bicyclic) bond motifs is 1. The average Bonchev–Trinajstić information content (AvgIpc) is 2.47. The van der Waals surface area contributed by atoms with Gasteiger partial charge in [0.25, 0.3) is 0 Å². The molecule has 0 spiro atoms. The van der Waals surface area contributed by atoms with Crippen molar-refractivity contribution < 1.29 is 4.74 Å². The zero-order valence-corrected chi connectivity index (χ0v) is 10.9. The third-order valence-electron chi connectivity index (χ3n) is 3.03. The fraction of sp³-hybridized carbons (Fsp3) is 0.188. The normalized spacial score (nSPS) is 11.8. The summed E-state index contributed by atoms with van der Waals surface area (Å²) in [5.41, 5.74) is 0.880. The van der Waals surface area contributed by atoms with Gasteiger partial charge in [-0.3, -0.25) is 5.32 Å². The van der Waals surface area contributed by atoms with Crippen LogP contribution in [-0.2, 0) is 0 Å². The Morgan fingerprint density at radius 3 is 2.84 bits per heavy atom. The van der Waals surface area contributed by atoms with Crippen LogP contribution >= 0.6 is 0 Å². The van der Waals surface area contributed by atoms with Crippen LogP contribution < -0.4 is 10.1 Å². The van der Waals surface area contributed by atoms with E-state index in [1.165, 1.54) is 0 Å². The van der Waals surface area contributed by atoms with E-state index in [0.717, 1.165) is 22.1 Å². The van der Waals surface area contributed by atoms with E-state index in [1.54, 1.807) is 13.2 Å². The fourth-order valence-corrected chi connectivity index (χ4v) is 2.16. The van der Waals surface area contributed by atoms with Crippen molar-refractivity contribution in [1.82, 2.24) is 5.32 Å². The van der Waals surface area contributed by atoms with E-state index in [0.29, 0.717) is 6.54 Å². The van der Waals surface area contributed by atoms with Crippen LogP contribution in [0.5, 0.6) is 5.75 Å². The third-order valence-corrected chi connectivity index (χ3v) is 3.03. The first-order chi connectivity index (χ1) is 9.31. The Balaban J connectivity index is 2.60. The Morgan fingerprint density at radius 1 is 1.37 bits per heavy atom. The van der Waals surface area contributed by atoms with Crippen molar-refractivity contribution in [3.8, 4) is 11.8 Å². The van der Waals surface area contributed by atoms with Gasteiger partial charge in [-0.05, 0) is 16.8 Å². The topological polar surface area (TPSA) is 45.0 Å². The first-order valence-corrected chi connectivity index (χ1v) is 6.11. The second kappa shape index (κ2) is 6.03. The lowest BCUT2D eigenvalue weighted by molar-refractivity contribution is 0.407. The van der Waals surface area contributed by atoms with Crippen molar-refractivity contribution in [2.24, 2.45) is 0 Å². The summed E-state index contributed by atoms with van der Waals surface area (Å²) >= 11 is 0. The summed E-state index contributed by atoms with van der Waals surface area (Å²) in [5.74, 6) is 0.724. The summed E-state index contributed by atoms with van der Waals surface area (Å²) in [4.78, 5) is 0. The number of benzene rings is 2. The first kappa shape index (κ1) is 13.1. The number of nitriles is 1. The lowest BCUT2D eigenvalue weighted by atomic mass is 9.98. The van der Waals surface area contributed by atoms with Gasteiger partial charge in [0, 0.05) is 12.1 Å². The van der Waals surface area contributed by atoms with Gasteiger partial charge in [-0.2, -0.15) is 5.26 Å². The third kappa shape index (κ3) is 2.59. The maximum Gasteiger partial charge on any atom is 0.125 e. The number of rotatable bonds is 5. The van der Waals surface area contributed by atoms with Gasteiger partial charge < -0.3 is 4.74 Å². The van der Waals surface area contributed by atoms with Crippen molar-refractivity contribution >= 4 is 10.8 Å². The monoisotopic (exact) mass is 252 g/mol. The summed E-state index contributed by atoms with van der Waals surface area (Å²) in [6.07, 6.45) is 1.74. The van der Waals surface area contributed by atoms with Crippen LogP contribution in [-0.4, -0.2) is 13.7 Å². The lowest BCUT2D eigenvalue weighted by Gasteiger charge is -2.17. The minimum atomic E-state index is -0.418. The number of methoxy groups -OCH3 is 1. The maximum atomic E-state index is 9.38. The van der Waals surface area contributed by atoms with Gasteiger partial charge in [-0.15, -0.1) is 6.58 Å². The molecule has 0 aromatic heterocycles. The number of nitrogens with zero attached hydrogens (tertiary/aromatic N) is 1. The Hall–Kier alpha value is -2.31. The molecule has 0 radical (unpaired) electrons. The van der Waals surface area contributed by atoms with Gasteiger partial charge in [-0.1, -0.05) is 36.4 Å². The van der Waals surface area contributed by atoms with Crippen molar-refractivity contribution in [1.29, 1.82) is 5.26 Å². The van der Waals surface area contributed by atoms with Crippen LogP contribution in [0.3, 0.4) is 0 Å². The van der Waals surface area contributed by atoms with E-state index in [2.05, 4.69) is 18.0 Å². The first-order valence-electron chi connectivity index (χ1n) is 6.11. The Kier molecular flexibility index (Phi) is 4.17. The van der Waals surface area contributed by atoms with Crippen molar-refractivity contribution in [3.63, 3.8) is 0 Å². The highest BCUT2D eigenvalue weighted by atomic mass is 16.5. The van der Waals surface area contributed by atoms with Crippen LogP contribution in [0.25, 0.3) is 10.8 Å². The summed E-state index contributed by atoms with van der Waals surface area (Å²) in [7, 11) is 1.62. The van der Waals surface area contributed by atoms with Crippen LogP contribution in [0.2, 0.25) is 0 Å². The molecule has 0 saturated heterocycles. The highest BCUT2D eigenvalue weighted by molar-refractivity contribution is 5.88. The van der Waals surface area contributed by atoms with Gasteiger partial charge in [0.2, 0.25) is 0 Å². The molecule has 2 aromatic carbocycles. The molecule has 3 nitrogen and oxygen atoms in total. The van der Waals surface area contributed by atoms with E-state index >= 15 is 0 Å². The molecule has 96 valence electrons. The highest BCUT2D eigenvalue weighted by Crippen LogP contribution is 2.32. The van der Waals surface area contributed by atoms with Gasteiger partial charge in [0.05, 0.1) is 13.2 Å². The van der Waals surface area contributed by atoms with Crippen molar-refractivity contribution in [3.05, 3.63) is 54.6 Å². The Bertz CT molecular complexity index is 628. The molecule has 0 saturated carbocycles. The van der Waals surface area contributed by atoms with Crippen LogP contribution in [0.1, 0.15) is 11.6 Å². The predicted octanol–water partition coefficient (Wildman–Crippen LogP) is 3.19. The summed E-state index contributed by atoms with van der Waals surface area (Å²) < 4.78 is 5.40. The summed E-state index contributed by atoms with van der Waals surface area (Å²) in [5, 5.41) is 14.7. The molecule has 0 aliphatic carbocycles. The van der Waals surface area contributed by atoms with Gasteiger partial charge in [0.15, 0.2) is 0 Å². The number of hydrogen-bond donors (Lipinski definition) is 1. The Morgan fingerprint density at radius 2 is 2.16 bits per heavy atom. The molecule has 1 atom stereocenters. The van der Waals surface area contributed by atoms with E-state index in [-0.39, 0.29) is 0 Å². The van der Waals surface area contributed by atoms with Crippen LogP contribution in [0.4, 0.5) is 0 Å². The zero-order valence-electron chi connectivity index (χ0n) is 10.9. The molecule has 0 fully saturated rings. The maximum absolute atomic E-state index is 9.38. The molecule has 0 aliphatic heterocycles. The van der Waals surface area contributed by atoms with Gasteiger partial charge in [0.1, 0.15) is 11.8 Å².